The lowest BCUT2D eigenvalue weighted by Crippen LogP contribution is -2.34. The molecule has 0 saturated carbocycles. The lowest BCUT2D eigenvalue weighted by molar-refractivity contribution is -0.632. The lowest BCUT2D eigenvalue weighted by atomic mass is 9.90. The van der Waals surface area contributed by atoms with Crippen LogP contribution >= 0.6 is 0 Å². The number of esters is 2. The Labute approximate surface area is 217 Å². The number of benzene rings is 3. The second-order valence-corrected chi connectivity index (χ2v) is 9.76. The number of pyridine rings is 1. The van der Waals surface area contributed by atoms with Crippen molar-refractivity contribution in [3.63, 3.8) is 0 Å². The molecule has 6 nitrogen and oxygen atoms in total. The van der Waals surface area contributed by atoms with Crippen molar-refractivity contribution in [2.24, 2.45) is 7.05 Å². The standard InChI is InChI=1S/C31H33N2O4/c1-20(34)36-15-7-9-22-13-14-25-28(18-22)32(3)29-19-23(10-8-16-37-21(2)35)17-26-24-11-5-6-12-27(24)33(4)31(25)30(26)29/h5-6,11-14,17-19H,7-10,15-16H2,1-4H3/q+1. The van der Waals surface area contributed by atoms with Gasteiger partial charge >= 0.3 is 11.9 Å². The zero-order valence-corrected chi connectivity index (χ0v) is 22.0. The molecular weight excluding hydrogens is 464 g/mol. The van der Waals surface area contributed by atoms with Crippen molar-refractivity contribution in [1.82, 2.24) is 0 Å². The van der Waals surface area contributed by atoms with Crippen molar-refractivity contribution in [2.45, 2.75) is 39.5 Å². The topological polar surface area (TPSA) is 59.7 Å². The molecule has 6 heteroatoms. The molecule has 37 heavy (non-hydrogen) atoms. The fraction of sp³-hybridized carbons (Fsp3) is 0.323. The first-order valence-corrected chi connectivity index (χ1v) is 12.9. The molecule has 2 heterocycles. The number of anilines is 2. The van der Waals surface area contributed by atoms with Gasteiger partial charge in [-0.3, -0.25) is 9.59 Å². The van der Waals surface area contributed by atoms with Crippen LogP contribution in [-0.2, 0) is 39.0 Å². The number of nitrogens with zero attached hydrogens (tertiary/aromatic N) is 2. The first-order valence-electron chi connectivity index (χ1n) is 12.9. The third kappa shape index (κ3) is 4.76. The molecule has 5 rings (SSSR count). The molecule has 190 valence electrons. The molecule has 0 fully saturated rings. The Morgan fingerprint density at radius 1 is 0.811 bits per heavy atom. The minimum Gasteiger partial charge on any atom is -0.466 e. The van der Waals surface area contributed by atoms with Gasteiger partial charge in [0.1, 0.15) is 7.05 Å². The molecule has 0 N–H and O–H groups in total. The summed E-state index contributed by atoms with van der Waals surface area (Å²) in [6.45, 7) is 3.75. The normalized spacial score (nSPS) is 12.1. The second kappa shape index (κ2) is 10.2. The molecular formula is C31H33N2O4+. The fourth-order valence-electron chi connectivity index (χ4n) is 5.48. The van der Waals surface area contributed by atoms with Crippen LogP contribution in [0.1, 0.15) is 37.8 Å². The van der Waals surface area contributed by atoms with E-state index in [0.717, 1.165) is 25.7 Å². The molecule has 0 bridgehead atoms. The Balaban J connectivity index is 1.61. The number of hydrogen-bond acceptors (Lipinski definition) is 5. The summed E-state index contributed by atoms with van der Waals surface area (Å²) in [6, 6.07) is 19.8. The number of rotatable bonds is 8. The number of para-hydroxylation sites is 1. The predicted octanol–water partition coefficient (Wildman–Crippen LogP) is 5.56. The number of ether oxygens (including phenoxy) is 2. The minimum absolute atomic E-state index is 0.238. The van der Waals surface area contributed by atoms with Crippen LogP contribution in [0.2, 0.25) is 0 Å². The maximum Gasteiger partial charge on any atom is 0.302 e. The van der Waals surface area contributed by atoms with Crippen molar-refractivity contribution in [3.8, 4) is 11.3 Å². The maximum atomic E-state index is 11.2. The zero-order valence-electron chi connectivity index (χ0n) is 22.0. The number of carbonyl (C=O) groups is 2. The van der Waals surface area contributed by atoms with Crippen LogP contribution in [0.3, 0.4) is 0 Å². The highest BCUT2D eigenvalue weighted by molar-refractivity contribution is 6.17. The zero-order chi connectivity index (χ0) is 26.1. The second-order valence-electron chi connectivity index (χ2n) is 9.76. The van der Waals surface area contributed by atoms with E-state index in [0.29, 0.717) is 13.2 Å². The van der Waals surface area contributed by atoms with E-state index in [4.69, 9.17) is 9.47 Å². The fourth-order valence-corrected chi connectivity index (χ4v) is 5.48. The van der Waals surface area contributed by atoms with Crippen LogP contribution in [0.4, 0.5) is 11.4 Å². The van der Waals surface area contributed by atoms with Gasteiger partial charge in [0.25, 0.3) is 0 Å². The predicted molar refractivity (Wildman–Crippen MR) is 146 cm³/mol. The third-order valence-electron chi connectivity index (χ3n) is 7.18. The Morgan fingerprint density at radius 2 is 1.46 bits per heavy atom. The first kappa shape index (κ1) is 24.8. The summed E-state index contributed by atoms with van der Waals surface area (Å²) in [7, 11) is 4.28. The molecule has 3 aromatic carbocycles. The Bertz CT molecular complexity index is 1530. The summed E-state index contributed by atoms with van der Waals surface area (Å²) in [6.07, 6.45) is 3.25. The van der Waals surface area contributed by atoms with Gasteiger partial charge in [-0.25, -0.2) is 0 Å². The SMILES string of the molecule is CC(=O)OCCCc1ccc2c(c1)N(C)c1cc(CCCOC(C)=O)cc3c1c-2[n+](C)c1ccccc31. The summed E-state index contributed by atoms with van der Waals surface area (Å²) >= 11 is 0. The van der Waals surface area contributed by atoms with E-state index in [1.807, 2.05) is 0 Å². The van der Waals surface area contributed by atoms with Gasteiger partial charge in [0, 0.05) is 32.3 Å². The minimum atomic E-state index is -0.239. The molecule has 1 aliphatic rings. The molecule has 0 saturated heterocycles. The van der Waals surface area contributed by atoms with Crippen LogP contribution in [0.25, 0.3) is 32.9 Å². The van der Waals surface area contributed by atoms with E-state index in [2.05, 4.69) is 78.2 Å². The van der Waals surface area contributed by atoms with E-state index >= 15 is 0 Å². The molecule has 0 spiro atoms. The molecule has 0 amide bonds. The molecule has 0 unspecified atom stereocenters. The van der Waals surface area contributed by atoms with E-state index in [1.165, 1.54) is 69.3 Å². The summed E-state index contributed by atoms with van der Waals surface area (Å²) in [5, 5.41) is 3.72. The van der Waals surface area contributed by atoms with Gasteiger partial charge in [-0.1, -0.05) is 18.2 Å². The van der Waals surface area contributed by atoms with Crippen LogP contribution in [0, 0.1) is 0 Å². The number of fused-ring (bicyclic) bond motifs is 4. The average molecular weight is 498 g/mol. The number of hydrogen-bond donors (Lipinski definition) is 0. The van der Waals surface area contributed by atoms with Gasteiger partial charge in [0.05, 0.1) is 40.9 Å². The van der Waals surface area contributed by atoms with Gasteiger partial charge in [-0.15, -0.1) is 0 Å². The summed E-state index contributed by atoms with van der Waals surface area (Å²) in [5.41, 5.74) is 8.41. The Morgan fingerprint density at radius 3 is 2.16 bits per heavy atom. The van der Waals surface area contributed by atoms with E-state index < -0.39 is 0 Å². The highest BCUT2D eigenvalue weighted by atomic mass is 16.5. The molecule has 0 aliphatic carbocycles. The van der Waals surface area contributed by atoms with Crippen molar-refractivity contribution in [1.29, 1.82) is 0 Å². The van der Waals surface area contributed by atoms with Crippen molar-refractivity contribution in [3.05, 3.63) is 65.7 Å². The number of aromatic nitrogens is 1. The van der Waals surface area contributed by atoms with Gasteiger partial charge in [0.2, 0.25) is 11.2 Å². The lowest BCUT2D eigenvalue weighted by Gasteiger charge is -2.30. The monoisotopic (exact) mass is 497 g/mol. The molecule has 1 aromatic heterocycles. The smallest absolute Gasteiger partial charge is 0.302 e. The van der Waals surface area contributed by atoms with E-state index in [1.54, 1.807) is 0 Å². The first-order chi connectivity index (χ1) is 17.8. The van der Waals surface area contributed by atoms with Crippen molar-refractivity contribution >= 4 is 45.0 Å². The van der Waals surface area contributed by atoms with Crippen LogP contribution in [-0.4, -0.2) is 32.2 Å². The van der Waals surface area contributed by atoms with E-state index in [-0.39, 0.29) is 11.9 Å². The third-order valence-corrected chi connectivity index (χ3v) is 7.18. The van der Waals surface area contributed by atoms with Gasteiger partial charge in [-0.2, -0.15) is 4.57 Å². The molecule has 0 radical (unpaired) electrons. The van der Waals surface area contributed by atoms with Crippen LogP contribution in [0.5, 0.6) is 0 Å². The molecule has 1 aliphatic heterocycles. The Kier molecular flexibility index (Phi) is 6.83. The van der Waals surface area contributed by atoms with Crippen molar-refractivity contribution in [2.75, 3.05) is 25.2 Å². The van der Waals surface area contributed by atoms with Crippen LogP contribution < -0.4 is 9.47 Å². The molecule has 0 atom stereocenters. The van der Waals surface area contributed by atoms with Gasteiger partial charge in [-0.05, 0) is 67.1 Å². The van der Waals surface area contributed by atoms with E-state index in [9.17, 15) is 9.59 Å². The van der Waals surface area contributed by atoms with Crippen LogP contribution in [0.15, 0.2) is 54.6 Å². The largest absolute Gasteiger partial charge is 0.466 e. The average Bonchev–Trinajstić information content (AvgIpc) is 2.88. The quantitative estimate of drug-likeness (QED) is 0.138. The number of carbonyl (C=O) groups excluding carboxylic acids is 2. The highest BCUT2D eigenvalue weighted by Crippen LogP contribution is 2.47. The molecule has 4 aromatic rings. The summed E-state index contributed by atoms with van der Waals surface area (Å²) in [5.74, 6) is -0.477. The van der Waals surface area contributed by atoms with Gasteiger partial charge in [0.15, 0.2) is 0 Å². The van der Waals surface area contributed by atoms with Gasteiger partial charge < -0.3 is 14.4 Å². The Hall–Kier alpha value is -3.93. The number of aryl methyl sites for hydroxylation is 3. The van der Waals surface area contributed by atoms with Crippen molar-refractivity contribution < 1.29 is 23.6 Å². The summed E-state index contributed by atoms with van der Waals surface area (Å²) < 4.78 is 12.6. The maximum absolute atomic E-state index is 11.2. The summed E-state index contributed by atoms with van der Waals surface area (Å²) in [4.78, 5) is 24.6. The highest BCUT2D eigenvalue weighted by Gasteiger charge is 2.31.